The van der Waals surface area contributed by atoms with Gasteiger partial charge in [0.15, 0.2) is 5.82 Å². The molecule has 8 heteroatoms. The van der Waals surface area contributed by atoms with Crippen molar-refractivity contribution in [2.24, 2.45) is 11.8 Å². The van der Waals surface area contributed by atoms with Gasteiger partial charge in [-0.3, -0.25) is 4.79 Å². The second-order valence-corrected chi connectivity index (χ2v) is 10.6. The molecule has 1 unspecified atom stereocenters. The van der Waals surface area contributed by atoms with Gasteiger partial charge < -0.3 is 24.6 Å². The van der Waals surface area contributed by atoms with Crippen molar-refractivity contribution in [3.63, 3.8) is 0 Å². The predicted octanol–water partition coefficient (Wildman–Crippen LogP) is 5.06. The van der Waals surface area contributed by atoms with E-state index in [4.69, 9.17) is 9.26 Å². The number of allylic oxidation sites excluding steroid dienone is 6. The van der Waals surface area contributed by atoms with E-state index in [-0.39, 0.29) is 17.7 Å². The largest absolute Gasteiger partial charge is 0.494 e. The molecular formula is C29H44N4O4. The second kappa shape index (κ2) is 13.6. The highest BCUT2D eigenvalue weighted by Crippen LogP contribution is 2.30. The average Bonchev–Trinajstić information content (AvgIpc) is 3.40. The first-order valence-electron chi connectivity index (χ1n) is 13.6. The van der Waals surface area contributed by atoms with Crippen LogP contribution in [0.3, 0.4) is 0 Å². The van der Waals surface area contributed by atoms with E-state index in [1.807, 2.05) is 13.8 Å². The molecule has 1 aromatic rings. The second-order valence-electron chi connectivity index (χ2n) is 10.6. The fourth-order valence-electron chi connectivity index (χ4n) is 4.61. The Bertz CT molecular complexity index is 1010. The molecule has 204 valence electrons. The highest BCUT2D eigenvalue weighted by Gasteiger charge is 2.25. The molecule has 1 aliphatic heterocycles. The molecule has 8 nitrogen and oxygen atoms in total. The Hall–Kier alpha value is -2.87. The van der Waals surface area contributed by atoms with Crippen molar-refractivity contribution in [2.45, 2.75) is 78.7 Å². The van der Waals surface area contributed by atoms with Gasteiger partial charge in [0.2, 0.25) is 5.91 Å². The number of nitrogens with one attached hydrogen (secondary N) is 1. The monoisotopic (exact) mass is 512 g/mol. The summed E-state index contributed by atoms with van der Waals surface area (Å²) in [5.74, 6) is 2.16. The average molecular weight is 513 g/mol. The van der Waals surface area contributed by atoms with Crippen LogP contribution in [0.1, 0.15) is 78.5 Å². The molecule has 0 aromatic carbocycles. The van der Waals surface area contributed by atoms with Crippen molar-refractivity contribution in [3.05, 3.63) is 53.1 Å². The number of aliphatic hydroxyl groups is 1. The molecule has 0 radical (unpaired) electrons. The smallest absolute Gasteiger partial charge is 0.324 e. The Morgan fingerprint density at radius 3 is 2.62 bits per heavy atom. The summed E-state index contributed by atoms with van der Waals surface area (Å²) in [4.78, 5) is 19.0. The van der Waals surface area contributed by atoms with E-state index in [0.29, 0.717) is 37.3 Å². The summed E-state index contributed by atoms with van der Waals surface area (Å²) in [5, 5.41) is 16.3. The van der Waals surface area contributed by atoms with Crippen LogP contribution in [0.5, 0.6) is 0 Å². The topological polar surface area (TPSA) is 101 Å². The number of hydrogen-bond acceptors (Lipinski definition) is 7. The summed E-state index contributed by atoms with van der Waals surface area (Å²) >= 11 is 0. The first-order valence-corrected chi connectivity index (χ1v) is 13.6. The lowest BCUT2D eigenvalue weighted by molar-refractivity contribution is -0.125. The summed E-state index contributed by atoms with van der Waals surface area (Å²) in [6.45, 7) is 16.7. The van der Waals surface area contributed by atoms with Crippen LogP contribution in [-0.2, 0) is 9.53 Å². The zero-order valence-corrected chi connectivity index (χ0v) is 23.1. The Labute approximate surface area is 221 Å². The molecule has 0 bridgehead atoms. The lowest BCUT2D eigenvalue weighted by Gasteiger charge is -2.30. The van der Waals surface area contributed by atoms with Gasteiger partial charge in [0, 0.05) is 31.5 Å². The van der Waals surface area contributed by atoms with E-state index in [0.717, 1.165) is 55.7 Å². The van der Waals surface area contributed by atoms with Crippen molar-refractivity contribution in [3.8, 4) is 0 Å². The number of nitrogens with zero attached hydrogens (tertiary/aromatic N) is 3. The molecule has 1 fully saturated rings. The first kappa shape index (κ1) is 28.7. The van der Waals surface area contributed by atoms with Crippen LogP contribution in [0.2, 0.25) is 0 Å². The van der Waals surface area contributed by atoms with Crippen molar-refractivity contribution < 1.29 is 19.2 Å². The molecule has 0 spiro atoms. The number of carbonyl (C=O) groups excluding carboxylic acids is 1. The van der Waals surface area contributed by atoms with E-state index in [2.05, 4.69) is 59.0 Å². The third kappa shape index (κ3) is 8.32. The first-order chi connectivity index (χ1) is 17.7. The van der Waals surface area contributed by atoms with Gasteiger partial charge >= 0.3 is 6.01 Å². The number of hydrogen-bond donors (Lipinski definition) is 2. The van der Waals surface area contributed by atoms with Crippen molar-refractivity contribution in [1.82, 2.24) is 15.5 Å². The van der Waals surface area contributed by atoms with Gasteiger partial charge in [0.05, 0.1) is 12.7 Å². The number of aromatic nitrogens is 2. The highest BCUT2D eigenvalue weighted by atomic mass is 16.5. The van der Waals surface area contributed by atoms with E-state index >= 15 is 0 Å². The van der Waals surface area contributed by atoms with Gasteiger partial charge in [0.25, 0.3) is 0 Å². The molecule has 1 saturated heterocycles. The maximum atomic E-state index is 12.3. The van der Waals surface area contributed by atoms with Gasteiger partial charge in [-0.05, 0) is 81.6 Å². The normalized spacial score (nSPS) is 20.6. The number of piperidine rings is 1. The lowest BCUT2D eigenvalue weighted by Crippen LogP contribution is -2.36. The molecule has 1 aliphatic carbocycles. The van der Waals surface area contributed by atoms with Crippen molar-refractivity contribution >= 4 is 11.9 Å². The highest BCUT2D eigenvalue weighted by molar-refractivity contribution is 5.79. The molecule has 37 heavy (non-hydrogen) atoms. The van der Waals surface area contributed by atoms with Gasteiger partial charge in [-0.1, -0.05) is 37.7 Å². The minimum absolute atomic E-state index is 0.0231. The fourth-order valence-corrected chi connectivity index (χ4v) is 4.61. The van der Waals surface area contributed by atoms with Crippen LogP contribution >= 0.6 is 0 Å². The molecule has 2 atom stereocenters. The Kier molecular flexibility index (Phi) is 10.6. The van der Waals surface area contributed by atoms with Crippen molar-refractivity contribution in [2.75, 3.05) is 31.1 Å². The summed E-state index contributed by atoms with van der Waals surface area (Å²) in [6, 6.07) is 0.619. The Morgan fingerprint density at radius 2 is 2.05 bits per heavy atom. The summed E-state index contributed by atoms with van der Waals surface area (Å²) in [5.41, 5.74) is 3.41. The van der Waals surface area contributed by atoms with E-state index in [1.165, 1.54) is 5.57 Å². The molecule has 2 heterocycles. The summed E-state index contributed by atoms with van der Waals surface area (Å²) in [7, 11) is 0. The number of aliphatic hydroxyl groups excluding tert-OH is 1. The summed E-state index contributed by atoms with van der Waals surface area (Å²) < 4.78 is 11.5. The third-order valence-corrected chi connectivity index (χ3v) is 7.17. The third-order valence-electron chi connectivity index (χ3n) is 7.17. The number of amides is 1. The predicted molar refractivity (Wildman–Crippen MR) is 146 cm³/mol. The van der Waals surface area contributed by atoms with Crippen LogP contribution in [0.25, 0.3) is 0 Å². The van der Waals surface area contributed by atoms with Crippen LogP contribution in [0, 0.1) is 11.8 Å². The van der Waals surface area contributed by atoms with Crippen molar-refractivity contribution in [1.29, 1.82) is 0 Å². The molecular weight excluding hydrogens is 468 g/mol. The molecule has 2 aliphatic rings. The minimum atomic E-state index is -0.529. The maximum Gasteiger partial charge on any atom is 0.324 e. The Morgan fingerprint density at radius 1 is 1.32 bits per heavy atom. The van der Waals surface area contributed by atoms with Crippen LogP contribution < -0.4 is 10.2 Å². The molecule has 3 rings (SSSR count). The SMILES string of the molecule is C=C(OCC1CCN(c2nc(C(C)C)no2)CC1)/C(C)=C\C(=C/C)C1=CCC(C(=O)NC[C@H](C)O)CC1. The number of carbonyl (C=O) groups is 1. The lowest BCUT2D eigenvalue weighted by atomic mass is 9.85. The Balaban J connectivity index is 1.45. The van der Waals surface area contributed by atoms with E-state index < -0.39 is 6.10 Å². The summed E-state index contributed by atoms with van der Waals surface area (Å²) in [6.07, 6.45) is 10.3. The quantitative estimate of drug-likeness (QED) is 0.316. The van der Waals surface area contributed by atoms with E-state index in [9.17, 15) is 9.90 Å². The maximum absolute atomic E-state index is 12.3. The zero-order valence-electron chi connectivity index (χ0n) is 23.1. The van der Waals surface area contributed by atoms with Gasteiger partial charge in [-0.15, -0.1) is 0 Å². The van der Waals surface area contributed by atoms with Gasteiger partial charge in [0.1, 0.15) is 5.76 Å². The van der Waals surface area contributed by atoms with Crippen LogP contribution in [0.4, 0.5) is 6.01 Å². The minimum Gasteiger partial charge on any atom is -0.494 e. The molecule has 0 saturated carbocycles. The number of anilines is 1. The van der Waals surface area contributed by atoms with Gasteiger partial charge in [-0.25, -0.2) is 0 Å². The number of ether oxygens (including phenoxy) is 1. The van der Waals surface area contributed by atoms with Crippen LogP contribution in [-0.4, -0.2) is 53.5 Å². The molecule has 2 N–H and O–H groups in total. The molecule has 1 amide bonds. The number of rotatable bonds is 11. The fraction of sp³-hybridized carbons (Fsp3) is 0.621. The van der Waals surface area contributed by atoms with Crippen LogP contribution in [0.15, 0.2) is 51.8 Å². The van der Waals surface area contributed by atoms with Gasteiger partial charge in [-0.2, -0.15) is 4.98 Å². The zero-order chi connectivity index (χ0) is 26.9. The van der Waals surface area contributed by atoms with E-state index in [1.54, 1.807) is 6.92 Å². The standard InChI is InChI=1S/C29H44N4O4/c1-7-24(25-8-10-26(11-9-25)28(35)30-17-21(5)34)16-20(4)22(6)36-18-23-12-14-33(15-13-23)29-31-27(19(2)3)32-37-29/h7-8,16,19,21,23,26,34H,6,9-15,17-18H2,1-5H3,(H,30,35)/b20-16-,24-7+/t21-,26?/m0/s1. The molecule has 1 aromatic heterocycles.